The fraction of sp³-hybridized carbons (Fsp3) is 0.0769. The monoisotopic (exact) mass is 360 g/mol. The molecule has 0 aliphatic heterocycles. The molecule has 0 fully saturated rings. The highest BCUT2D eigenvalue weighted by Crippen LogP contribution is 2.33. The van der Waals surface area contributed by atoms with E-state index >= 15 is 0 Å². The Hall–Kier alpha value is -0.740. The van der Waals surface area contributed by atoms with Gasteiger partial charge in [-0.05, 0) is 35.4 Å². The molecule has 88 valence electrons. The number of benzene rings is 2. The molecular weight excluding hydrogens is 354 g/mol. The minimum Gasteiger partial charge on any atom is -0.205 e. The van der Waals surface area contributed by atoms with E-state index in [9.17, 15) is 8.78 Å². The SMILES string of the molecule is FC(F)c1cc(Br)ccc1-c1ccc(Br)cc1. The first-order chi connectivity index (χ1) is 8.08. The highest BCUT2D eigenvalue weighted by atomic mass is 79.9. The molecule has 0 aliphatic carbocycles. The Morgan fingerprint density at radius 1 is 0.824 bits per heavy atom. The smallest absolute Gasteiger partial charge is 0.205 e. The third kappa shape index (κ3) is 2.93. The van der Waals surface area contributed by atoms with Crippen molar-refractivity contribution in [1.29, 1.82) is 0 Å². The Bertz CT molecular complexity index is 521. The Balaban J connectivity index is 2.54. The summed E-state index contributed by atoms with van der Waals surface area (Å²) >= 11 is 6.53. The quantitative estimate of drug-likeness (QED) is 0.632. The van der Waals surface area contributed by atoms with Crippen molar-refractivity contribution in [3.8, 4) is 11.1 Å². The van der Waals surface area contributed by atoms with Gasteiger partial charge in [0, 0.05) is 14.5 Å². The Morgan fingerprint density at radius 2 is 1.41 bits per heavy atom. The highest BCUT2D eigenvalue weighted by Gasteiger charge is 2.14. The maximum Gasteiger partial charge on any atom is 0.264 e. The third-order valence-electron chi connectivity index (χ3n) is 2.40. The van der Waals surface area contributed by atoms with Crippen LogP contribution in [0.1, 0.15) is 12.0 Å². The zero-order valence-electron chi connectivity index (χ0n) is 8.63. The molecule has 0 nitrogen and oxygen atoms in total. The summed E-state index contributed by atoms with van der Waals surface area (Å²) in [6, 6.07) is 12.2. The number of alkyl halides is 2. The first kappa shape index (κ1) is 12.7. The molecule has 0 radical (unpaired) electrons. The van der Waals surface area contributed by atoms with Crippen LogP contribution in [0.2, 0.25) is 0 Å². The van der Waals surface area contributed by atoms with Gasteiger partial charge >= 0.3 is 0 Å². The van der Waals surface area contributed by atoms with Crippen molar-refractivity contribution in [2.24, 2.45) is 0 Å². The first-order valence-electron chi connectivity index (χ1n) is 4.91. The van der Waals surface area contributed by atoms with Crippen LogP contribution in [0.4, 0.5) is 8.78 Å². The first-order valence-corrected chi connectivity index (χ1v) is 6.50. The van der Waals surface area contributed by atoms with E-state index in [0.29, 0.717) is 10.0 Å². The second-order valence-electron chi connectivity index (χ2n) is 3.54. The summed E-state index contributed by atoms with van der Waals surface area (Å²) in [7, 11) is 0. The van der Waals surface area contributed by atoms with Gasteiger partial charge in [0.1, 0.15) is 0 Å². The van der Waals surface area contributed by atoms with Crippen molar-refractivity contribution < 1.29 is 8.78 Å². The van der Waals surface area contributed by atoms with E-state index in [1.165, 1.54) is 6.07 Å². The Morgan fingerprint density at radius 3 is 2.00 bits per heavy atom. The van der Waals surface area contributed by atoms with Crippen LogP contribution in [0.5, 0.6) is 0 Å². The van der Waals surface area contributed by atoms with Crippen LogP contribution in [0.15, 0.2) is 51.4 Å². The van der Waals surface area contributed by atoms with E-state index in [-0.39, 0.29) is 5.56 Å². The van der Waals surface area contributed by atoms with Gasteiger partial charge in [0.2, 0.25) is 0 Å². The number of halogens is 4. The lowest BCUT2D eigenvalue weighted by Crippen LogP contribution is -1.90. The van der Waals surface area contributed by atoms with Gasteiger partial charge in [-0.3, -0.25) is 0 Å². The van der Waals surface area contributed by atoms with Crippen molar-refractivity contribution in [2.75, 3.05) is 0 Å². The van der Waals surface area contributed by atoms with Crippen LogP contribution in [-0.4, -0.2) is 0 Å². The fourth-order valence-corrected chi connectivity index (χ4v) is 2.25. The van der Waals surface area contributed by atoms with Crippen LogP contribution < -0.4 is 0 Å². The molecule has 2 aromatic rings. The van der Waals surface area contributed by atoms with Gasteiger partial charge in [0.05, 0.1) is 0 Å². The van der Waals surface area contributed by atoms with E-state index < -0.39 is 6.43 Å². The van der Waals surface area contributed by atoms with Gasteiger partial charge in [-0.1, -0.05) is 50.1 Å². The molecule has 0 heterocycles. The Labute approximate surface area is 115 Å². The van der Waals surface area contributed by atoms with Gasteiger partial charge in [0.25, 0.3) is 6.43 Å². The minimum atomic E-state index is -2.48. The Kier molecular flexibility index (Phi) is 3.94. The van der Waals surface area contributed by atoms with Gasteiger partial charge in [-0.15, -0.1) is 0 Å². The molecule has 0 N–H and O–H groups in total. The molecule has 0 unspecified atom stereocenters. The van der Waals surface area contributed by atoms with Crippen LogP contribution in [-0.2, 0) is 0 Å². The third-order valence-corrected chi connectivity index (χ3v) is 3.43. The van der Waals surface area contributed by atoms with E-state index in [2.05, 4.69) is 31.9 Å². The normalized spacial score (nSPS) is 10.9. The molecule has 0 aliphatic rings. The molecule has 0 saturated carbocycles. The number of hydrogen-bond donors (Lipinski definition) is 0. The summed E-state index contributed by atoms with van der Waals surface area (Å²) in [4.78, 5) is 0. The van der Waals surface area contributed by atoms with Gasteiger partial charge in [0.15, 0.2) is 0 Å². The molecule has 2 aromatic carbocycles. The molecule has 0 aromatic heterocycles. The number of hydrogen-bond acceptors (Lipinski definition) is 0. The fourth-order valence-electron chi connectivity index (χ4n) is 1.61. The summed E-state index contributed by atoms with van der Waals surface area (Å²) in [6.45, 7) is 0. The average molecular weight is 362 g/mol. The molecule has 0 spiro atoms. The molecular formula is C13H8Br2F2. The largest absolute Gasteiger partial charge is 0.264 e. The van der Waals surface area contributed by atoms with Crippen molar-refractivity contribution in [3.05, 3.63) is 57.0 Å². The maximum atomic E-state index is 12.9. The maximum absolute atomic E-state index is 12.9. The van der Waals surface area contributed by atoms with E-state index in [1.807, 2.05) is 24.3 Å². The molecule has 0 amide bonds. The van der Waals surface area contributed by atoms with E-state index in [4.69, 9.17) is 0 Å². The van der Waals surface area contributed by atoms with Crippen LogP contribution >= 0.6 is 31.9 Å². The summed E-state index contributed by atoms with van der Waals surface area (Å²) in [5.74, 6) is 0. The lowest BCUT2D eigenvalue weighted by atomic mass is 10.0. The topological polar surface area (TPSA) is 0 Å². The van der Waals surface area contributed by atoms with Gasteiger partial charge < -0.3 is 0 Å². The molecule has 4 heteroatoms. The summed E-state index contributed by atoms with van der Waals surface area (Å²) in [5, 5.41) is 0. The van der Waals surface area contributed by atoms with Gasteiger partial charge in [-0.2, -0.15) is 0 Å². The van der Waals surface area contributed by atoms with Crippen molar-refractivity contribution in [1.82, 2.24) is 0 Å². The van der Waals surface area contributed by atoms with Crippen LogP contribution in [0.25, 0.3) is 11.1 Å². The molecule has 0 saturated heterocycles. The summed E-state index contributed by atoms with van der Waals surface area (Å²) < 4.78 is 27.5. The average Bonchev–Trinajstić information content (AvgIpc) is 2.30. The minimum absolute atomic E-state index is 0.0432. The van der Waals surface area contributed by atoms with E-state index in [1.54, 1.807) is 12.1 Å². The molecule has 0 bridgehead atoms. The molecule has 2 rings (SSSR count). The van der Waals surface area contributed by atoms with Gasteiger partial charge in [-0.25, -0.2) is 8.78 Å². The van der Waals surface area contributed by atoms with E-state index in [0.717, 1.165) is 10.0 Å². The lowest BCUT2D eigenvalue weighted by Gasteiger charge is -2.09. The number of rotatable bonds is 2. The van der Waals surface area contributed by atoms with Crippen molar-refractivity contribution >= 4 is 31.9 Å². The highest BCUT2D eigenvalue weighted by molar-refractivity contribution is 9.10. The predicted molar refractivity (Wildman–Crippen MR) is 72.2 cm³/mol. The predicted octanol–water partition coefficient (Wildman–Crippen LogP) is 5.82. The second-order valence-corrected chi connectivity index (χ2v) is 5.37. The standard InChI is InChI=1S/C13H8Br2F2/c14-9-3-1-8(2-4-9)11-6-5-10(15)7-12(11)13(16)17/h1-7,13H. The summed E-state index contributed by atoms with van der Waals surface area (Å²) in [6.07, 6.45) is -2.48. The summed E-state index contributed by atoms with van der Waals surface area (Å²) in [5.41, 5.74) is 1.40. The zero-order valence-corrected chi connectivity index (χ0v) is 11.8. The lowest BCUT2D eigenvalue weighted by molar-refractivity contribution is 0.152. The van der Waals surface area contributed by atoms with Crippen molar-refractivity contribution in [2.45, 2.75) is 6.43 Å². The van der Waals surface area contributed by atoms with Crippen LogP contribution in [0.3, 0.4) is 0 Å². The van der Waals surface area contributed by atoms with Crippen LogP contribution in [0, 0.1) is 0 Å². The molecule has 17 heavy (non-hydrogen) atoms. The second kappa shape index (κ2) is 5.27. The van der Waals surface area contributed by atoms with Crippen molar-refractivity contribution in [3.63, 3.8) is 0 Å². The zero-order chi connectivity index (χ0) is 12.4. The molecule has 0 atom stereocenters.